The van der Waals surface area contributed by atoms with Crippen molar-refractivity contribution in [1.82, 2.24) is 0 Å². The van der Waals surface area contributed by atoms with Crippen molar-refractivity contribution < 1.29 is 34.4 Å². The van der Waals surface area contributed by atoms with Crippen LogP contribution in [0.1, 0.15) is 52.6 Å². The minimum Gasteiger partial charge on any atom is -0.478 e. The van der Waals surface area contributed by atoms with Gasteiger partial charge in [-0.1, -0.05) is 13.5 Å². The Balaban J connectivity index is 3.74. The Morgan fingerprint density at radius 2 is 1.79 bits per heavy atom. The molecule has 3 N–H and O–H groups in total. The van der Waals surface area contributed by atoms with E-state index in [1.807, 2.05) is 0 Å². The topological polar surface area (TPSA) is 121 Å². The van der Waals surface area contributed by atoms with Crippen LogP contribution in [-0.4, -0.2) is 39.3 Å². The van der Waals surface area contributed by atoms with Crippen LogP contribution in [0.2, 0.25) is 0 Å². The van der Waals surface area contributed by atoms with Gasteiger partial charge in [0.2, 0.25) is 0 Å². The highest BCUT2D eigenvalue weighted by Crippen LogP contribution is 2.32. The number of carboxylic acids is 2. The number of benzene rings is 1. The highest BCUT2D eigenvalue weighted by Gasteiger charge is 2.27. The number of aliphatic hydroxyl groups is 1. The standard InChI is InChI=1S/C17H20O7/c1-5-10-11(6-9(4)18)14(16(21)22)12(15(19)20)7-13(10)24-17(23)8(2)3/h7,9,18H,2,5-6H2,1,3-4H3,(H,19,20)(H,21,22). The molecule has 0 aliphatic rings. The number of ether oxygens (including phenoxy) is 1. The van der Waals surface area contributed by atoms with E-state index in [0.717, 1.165) is 6.07 Å². The molecule has 7 nitrogen and oxygen atoms in total. The Bertz CT molecular complexity index is 701. The third-order valence-electron chi connectivity index (χ3n) is 3.36. The zero-order valence-electron chi connectivity index (χ0n) is 13.8. The number of carbonyl (C=O) groups excluding carboxylic acids is 1. The van der Waals surface area contributed by atoms with Gasteiger partial charge in [0.1, 0.15) is 5.75 Å². The van der Waals surface area contributed by atoms with E-state index in [-0.39, 0.29) is 23.3 Å². The second-order valence-electron chi connectivity index (χ2n) is 5.44. The van der Waals surface area contributed by atoms with Gasteiger partial charge in [0.15, 0.2) is 0 Å². The molecule has 0 aliphatic carbocycles. The Morgan fingerprint density at radius 3 is 2.17 bits per heavy atom. The Morgan fingerprint density at radius 1 is 1.21 bits per heavy atom. The van der Waals surface area contributed by atoms with Crippen LogP contribution < -0.4 is 4.74 Å². The Labute approximate surface area is 139 Å². The highest BCUT2D eigenvalue weighted by molar-refractivity contribution is 6.04. The predicted molar refractivity (Wildman–Crippen MR) is 85.6 cm³/mol. The number of aliphatic hydroxyl groups excluding tert-OH is 1. The first-order chi connectivity index (χ1) is 11.1. The summed E-state index contributed by atoms with van der Waals surface area (Å²) in [5.41, 5.74) is -0.277. The molecule has 0 bridgehead atoms. The smallest absolute Gasteiger partial charge is 0.338 e. The second-order valence-corrected chi connectivity index (χ2v) is 5.44. The van der Waals surface area contributed by atoms with Gasteiger partial charge in [-0.3, -0.25) is 0 Å². The number of carboxylic acid groups (broad SMARTS) is 2. The maximum atomic E-state index is 11.8. The minimum absolute atomic E-state index is 0.0384. The summed E-state index contributed by atoms with van der Waals surface area (Å²) in [6, 6.07) is 1.02. The van der Waals surface area contributed by atoms with Crippen LogP contribution >= 0.6 is 0 Å². The molecule has 7 heteroatoms. The van der Waals surface area contributed by atoms with Crippen LogP contribution in [0.25, 0.3) is 0 Å². The summed E-state index contributed by atoms with van der Waals surface area (Å²) in [4.78, 5) is 34.8. The maximum absolute atomic E-state index is 11.8. The van der Waals surface area contributed by atoms with Crippen molar-refractivity contribution in [3.63, 3.8) is 0 Å². The van der Waals surface area contributed by atoms with Crippen LogP contribution in [0.5, 0.6) is 5.75 Å². The molecule has 130 valence electrons. The van der Waals surface area contributed by atoms with Crippen molar-refractivity contribution in [3.8, 4) is 5.75 Å². The SMILES string of the molecule is C=C(C)C(=O)Oc1cc(C(=O)O)c(C(=O)O)c(CC(C)O)c1CC. The van der Waals surface area contributed by atoms with Crippen LogP contribution in [0.15, 0.2) is 18.2 Å². The largest absolute Gasteiger partial charge is 0.478 e. The lowest BCUT2D eigenvalue weighted by molar-refractivity contribution is -0.130. The van der Waals surface area contributed by atoms with E-state index in [0.29, 0.717) is 12.0 Å². The van der Waals surface area contributed by atoms with E-state index in [2.05, 4.69) is 6.58 Å². The third kappa shape index (κ3) is 4.20. The summed E-state index contributed by atoms with van der Waals surface area (Å²) in [7, 11) is 0. The molecule has 0 spiro atoms. The molecule has 0 aliphatic heterocycles. The van der Waals surface area contributed by atoms with E-state index < -0.39 is 35.1 Å². The van der Waals surface area contributed by atoms with Crippen LogP contribution in [0.3, 0.4) is 0 Å². The summed E-state index contributed by atoms with van der Waals surface area (Å²) in [5, 5.41) is 28.4. The fourth-order valence-electron chi connectivity index (χ4n) is 2.35. The molecule has 0 fully saturated rings. The lowest BCUT2D eigenvalue weighted by Gasteiger charge is -2.19. The molecule has 1 atom stereocenters. The number of aromatic carboxylic acids is 2. The van der Waals surface area contributed by atoms with Gasteiger partial charge in [-0.05, 0) is 43.9 Å². The summed E-state index contributed by atoms with van der Waals surface area (Å²) >= 11 is 0. The predicted octanol–water partition coefficient (Wildman–Crippen LogP) is 2.05. The molecular weight excluding hydrogens is 316 g/mol. The fourth-order valence-corrected chi connectivity index (χ4v) is 2.35. The normalized spacial score (nSPS) is 11.7. The van der Waals surface area contributed by atoms with E-state index in [1.165, 1.54) is 13.8 Å². The number of hydrogen-bond acceptors (Lipinski definition) is 5. The van der Waals surface area contributed by atoms with Gasteiger partial charge >= 0.3 is 17.9 Å². The summed E-state index contributed by atoms with van der Waals surface area (Å²) in [5.74, 6) is -3.67. The molecule has 0 radical (unpaired) electrons. The van der Waals surface area contributed by atoms with Crippen molar-refractivity contribution in [1.29, 1.82) is 0 Å². The maximum Gasteiger partial charge on any atom is 0.338 e. The summed E-state index contributed by atoms with van der Waals surface area (Å²) in [6.07, 6.45) is -0.688. The second kappa shape index (κ2) is 7.74. The van der Waals surface area contributed by atoms with Crippen molar-refractivity contribution in [2.45, 2.75) is 39.7 Å². The molecule has 1 aromatic carbocycles. The van der Waals surface area contributed by atoms with Gasteiger partial charge in [0.05, 0.1) is 17.2 Å². The molecule has 0 saturated heterocycles. The van der Waals surface area contributed by atoms with Crippen LogP contribution in [0, 0.1) is 0 Å². The van der Waals surface area contributed by atoms with Gasteiger partial charge in [0, 0.05) is 5.57 Å². The van der Waals surface area contributed by atoms with Crippen LogP contribution in [0.4, 0.5) is 0 Å². The molecule has 24 heavy (non-hydrogen) atoms. The number of hydrogen-bond donors (Lipinski definition) is 3. The van der Waals surface area contributed by atoms with Crippen molar-refractivity contribution >= 4 is 17.9 Å². The third-order valence-corrected chi connectivity index (χ3v) is 3.36. The molecular formula is C17H20O7. The lowest BCUT2D eigenvalue weighted by Crippen LogP contribution is -2.19. The minimum atomic E-state index is -1.46. The zero-order chi connectivity index (χ0) is 18.6. The van der Waals surface area contributed by atoms with E-state index >= 15 is 0 Å². The first kappa shape index (κ1) is 19.4. The number of esters is 1. The quantitative estimate of drug-likeness (QED) is 0.396. The van der Waals surface area contributed by atoms with E-state index in [4.69, 9.17) is 4.74 Å². The fraction of sp³-hybridized carbons (Fsp3) is 0.353. The Kier molecular flexibility index (Phi) is 6.25. The van der Waals surface area contributed by atoms with Gasteiger partial charge < -0.3 is 20.1 Å². The van der Waals surface area contributed by atoms with E-state index in [9.17, 15) is 29.7 Å². The molecule has 1 aromatic rings. The first-order valence-corrected chi connectivity index (χ1v) is 7.31. The average molecular weight is 336 g/mol. The van der Waals surface area contributed by atoms with E-state index in [1.54, 1.807) is 6.92 Å². The summed E-state index contributed by atoms with van der Waals surface area (Å²) < 4.78 is 5.17. The molecule has 0 aromatic heterocycles. The number of carbonyl (C=O) groups is 3. The summed E-state index contributed by atoms with van der Waals surface area (Å²) in [6.45, 7) is 8.06. The zero-order valence-corrected chi connectivity index (χ0v) is 13.8. The van der Waals surface area contributed by atoms with Gasteiger partial charge in [-0.2, -0.15) is 0 Å². The highest BCUT2D eigenvalue weighted by atomic mass is 16.5. The lowest BCUT2D eigenvalue weighted by atomic mass is 9.90. The van der Waals surface area contributed by atoms with Crippen LogP contribution in [-0.2, 0) is 17.6 Å². The number of rotatable bonds is 7. The first-order valence-electron chi connectivity index (χ1n) is 7.31. The van der Waals surface area contributed by atoms with Gasteiger partial charge in [-0.25, -0.2) is 14.4 Å². The average Bonchev–Trinajstić information content (AvgIpc) is 2.45. The molecule has 1 unspecified atom stereocenters. The molecule has 1 rings (SSSR count). The molecule has 0 heterocycles. The van der Waals surface area contributed by atoms with Crippen molar-refractivity contribution in [2.75, 3.05) is 0 Å². The van der Waals surface area contributed by atoms with Crippen molar-refractivity contribution in [2.24, 2.45) is 0 Å². The van der Waals surface area contributed by atoms with Crippen molar-refractivity contribution in [3.05, 3.63) is 40.5 Å². The molecule has 0 amide bonds. The van der Waals surface area contributed by atoms with Gasteiger partial charge in [0.25, 0.3) is 0 Å². The monoisotopic (exact) mass is 336 g/mol. The Hall–Kier alpha value is -2.67. The van der Waals surface area contributed by atoms with Gasteiger partial charge in [-0.15, -0.1) is 0 Å². The molecule has 0 saturated carbocycles.